The smallest absolute Gasteiger partial charge is 0.222 e. The van der Waals surface area contributed by atoms with Crippen LogP contribution < -0.4 is 21.1 Å². The number of halogens is 2. The SMILES string of the molecule is CN=C(NCC(Cc1ccc(F)cc1)C(N)=O)NC1CC2(CCCC2)Oc2ccccc21.I. The van der Waals surface area contributed by atoms with E-state index in [1.807, 2.05) is 18.2 Å². The molecule has 1 spiro atoms. The molecule has 1 aliphatic heterocycles. The number of para-hydroxylation sites is 1. The minimum Gasteiger partial charge on any atom is -0.487 e. The molecule has 1 aliphatic carbocycles. The van der Waals surface area contributed by atoms with Crippen LogP contribution in [0.25, 0.3) is 0 Å². The molecule has 4 rings (SSSR count). The van der Waals surface area contributed by atoms with Gasteiger partial charge in [-0.2, -0.15) is 0 Å². The molecule has 1 heterocycles. The summed E-state index contributed by atoms with van der Waals surface area (Å²) in [6.45, 7) is 0.336. The molecule has 1 fully saturated rings. The number of hydrogen-bond acceptors (Lipinski definition) is 3. The average Bonchev–Trinajstić information content (AvgIpc) is 3.23. The molecule has 2 aromatic rings. The number of aliphatic imine (C=N–C) groups is 1. The number of nitrogens with two attached hydrogens (primary N) is 1. The molecule has 178 valence electrons. The summed E-state index contributed by atoms with van der Waals surface area (Å²) in [6.07, 6.45) is 5.80. The van der Waals surface area contributed by atoms with Crippen molar-refractivity contribution < 1.29 is 13.9 Å². The van der Waals surface area contributed by atoms with E-state index < -0.39 is 11.8 Å². The summed E-state index contributed by atoms with van der Waals surface area (Å²) in [4.78, 5) is 16.4. The van der Waals surface area contributed by atoms with Crippen molar-refractivity contribution in [3.63, 3.8) is 0 Å². The number of benzene rings is 2. The van der Waals surface area contributed by atoms with Gasteiger partial charge in [-0.1, -0.05) is 30.3 Å². The number of nitrogens with zero attached hydrogens (tertiary/aromatic N) is 1. The van der Waals surface area contributed by atoms with Crippen molar-refractivity contribution in [2.75, 3.05) is 13.6 Å². The summed E-state index contributed by atoms with van der Waals surface area (Å²) >= 11 is 0. The Bertz CT molecular complexity index is 977. The molecule has 1 amide bonds. The van der Waals surface area contributed by atoms with Crippen molar-refractivity contribution in [3.05, 3.63) is 65.5 Å². The van der Waals surface area contributed by atoms with Gasteiger partial charge in [-0.15, -0.1) is 24.0 Å². The fourth-order valence-electron chi connectivity index (χ4n) is 4.83. The van der Waals surface area contributed by atoms with Gasteiger partial charge in [0.2, 0.25) is 5.91 Å². The molecule has 33 heavy (non-hydrogen) atoms. The molecule has 2 atom stereocenters. The number of hydrogen-bond donors (Lipinski definition) is 3. The number of nitrogens with one attached hydrogen (secondary N) is 2. The zero-order chi connectivity index (χ0) is 22.6. The van der Waals surface area contributed by atoms with Gasteiger partial charge in [0.15, 0.2) is 5.96 Å². The Labute approximate surface area is 211 Å². The first-order valence-electron chi connectivity index (χ1n) is 11.3. The Morgan fingerprint density at radius 2 is 1.91 bits per heavy atom. The van der Waals surface area contributed by atoms with Crippen LogP contribution in [0.15, 0.2) is 53.5 Å². The standard InChI is InChI=1S/C25H31FN4O2.HI/c1-28-24(29-16-18(23(27)31)14-17-8-10-19(26)11-9-17)30-21-15-25(12-4-5-13-25)32-22-7-3-2-6-20(21)22;/h2-3,6-11,18,21H,4-5,12-16H2,1H3,(H2,27,31)(H2,28,29,30);1H. The largest absolute Gasteiger partial charge is 0.487 e. The average molecular weight is 566 g/mol. The van der Waals surface area contributed by atoms with E-state index >= 15 is 0 Å². The number of carbonyl (C=O) groups is 1. The molecule has 0 aromatic heterocycles. The van der Waals surface area contributed by atoms with E-state index in [0.717, 1.165) is 36.1 Å². The molecule has 8 heteroatoms. The van der Waals surface area contributed by atoms with Crippen molar-refractivity contribution in [2.24, 2.45) is 16.6 Å². The highest BCUT2D eigenvalue weighted by atomic mass is 127. The van der Waals surface area contributed by atoms with Crippen molar-refractivity contribution in [2.45, 2.75) is 50.2 Å². The molecular weight excluding hydrogens is 534 g/mol. The van der Waals surface area contributed by atoms with Crippen molar-refractivity contribution in [3.8, 4) is 5.75 Å². The van der Waals surface area contributed by atoms with Gasteiger partial charge in [0.05, 0.1) is 12.0 Å². The highest BCUT2D eigenvalue weighted by molar-refractivity contribution is 14.0. The van der Waals surface area contributed by atoms with Crippen molar-refractivity contribution >= 4 is 35.8 Å². The third kappa shape index (κ3) is 6.16. The molecule has 1 saturated carbocycles. The lowest BCUT2D eigenvalue weighted by Gasteiger charge is -2.40. The second kappa shape index (κ2) is 11.2. The molecule has 4 N–H and O–H groups in total. The minimum atomic E-state index is -0.442. The van der Waals surface area contributed by atoms with Crippen LogP contribution in [0.1, 0.15) is 49.3 Å². The van der Waals surface area contributed by atoms with Crippen LogP contribution >= 0.6 is 24.0 Å². The zero-order valence-corrected chi connectivity index (χ0v) is 21.2. The fourth-order valence-corrected chi connectivity index (χ4v) is 4.83. The van der Waals surface area contributed by atoms with Crippen LogP contribution in [0.4, 0.5) is 4.39 Å². The van der Waals surface area contributed by atoms with Gasteiger partial charge in [0.1, 0.15) is 17.2 Å². The first kappa shape index (κ1) is 25.3. The van der Waals surface area contributed by atoms with E-state index in [1.54, 1.807) is 19.2 Å². The van der Waals surface area contributed by atoms with Crippen LogP contribution in [-0.2, 0) is 11.2 Å². The predicted molar refractivity (Wildman–Crippen MR) is 138 cm³/mol. The number of rotatable bonds is 6. The van der Waals surface area contributed by atoms with Crippen LogP contribution in [0, 0.1) is 11.7 Å². The second-order valence-corrected chi connectivity index (χ2v) is 8.81. The first-order valence-corrected chi connectivity index (χ1v) is 11.3. The summed E-state index contributed by atoms with van der Waals surface area (Å²) in [5.41, 5.74) is 7.50. The third-order valence-corrected chi connectivity index (χ3v) is 6.56. The number of amides is 1. The van der Waals surface area contributed by atoms with E-state index in [1.165, 1.54) is 25.0 Å². The lowest BCUT2D eigenvalue weighted by atomic mass is 9.86. The van der Waals surface area contributed by atoms with Crippen molar-refractivity contribution in [1.29, 1.82) is 0 Å². The Kier molecular flexibility index (Phi) is 8.56. The van der Waals surface area contributed by atoms with Gasteiger partial charge in [0.25, 0.3) is 0 Å². The van der Waals surface area contributed by atoms with Crippen LogP contribution in [0.2, 0.25) is 0 Å². The van der Waals surface area contributed by atoms with E-state index in [2.05, 4.69) is 21.7 Å². The van der Waals surface area contributed by atoms with Gasteiger partial charge in [-0.05, 0) is 55.9 Å². The molecule has 2 aliphatic rings. The van der Waals surface area contributed by atoms with Crippen LogP contribution in [-0.4, -0.2) is 31.1 Å². The minimum absolute atomic E-state index is 0. The Morgan fingerprint density at radius 3 is 2.58 bits per heavy atom. The molecule has 6 nitrogen and oxygen atoms in total. The predicted octanol–water partition coefficient (Wildman–Crippen LogP) is 4.09. The second-order valence-electron chi connectivity index (χ2n) is 8.81. The lowest BCUT2D eigenvalue weighted by molar-refractivity contribution is -0.121. The maximum Gasteiger partial charge on any atom is 0.222 e. The number of carbonyl (C=O) groups excluding carboxylic acids is 1. The van der Waals surface area contributed by atoms with Gasteiger partial charge in [-0.3, -0.25) is 9.79 Å². The molecular formula is C25H32FIN4O2. The van der Waals surface area contributed by atoms with Gasteiger partial charge < -0.3 is 21.1 Å². The maximum absolute atomic E-state index is 13.2. The third-order valence-electron chi connectivity index (χ3n) is 6.56. The highest BCUT2D eigenvalue weighted by Gasteiger charge is 2.43. The Morgan fingerprint density at radius 1 is 1.21 bits per heavy atom. The lowest BCUT2D eigenvalue weighted by Crippen LogP contribution is -2.48. The maximum atomic E-state index is 13.2. The number of ether oxygens (including phenoxy) is 1. The van der Waals surface area contributed by atoms with Gasteiger partial charge in [-0.25, -0.2) is 4.39 Å². The summed E-state index contributed by atoms with van der Waals surface area (Å²) < 4.78 is 19.6. The normalized spacial score (nSPS) is 19.7. The summed E-state index contributed by atoms with van der Waals surface area (Å²) in [6, 6.07) is 14.3. The van der Waals surface area contributed by atoms with E-state index in [9.17, 15) is 9.18 Å². The Hall–Kier alpha value is -2.36. The number of guanidine groups is 1. The summed E-state index contributed by atoms with van der Waals surface area (Å²) in [5.74, 6) is 0.398. The summed E-state index contributed by atoms with van der Waals surface area (Å²) in [5, 5.41) is 6.80. The molecule has 0 bridgehead atoms. The van der Waals surface area contributed by atoms with E-state index in [-0.39, 0.29) is 41.4 Å². The zero-order valence-electron chi connectivity index (χ0n) is 18.9. The van der Waals surface area contributed by atoms with Crippen molar-refractivity contribution in [1.82, 2.24) is 10.6 Å². The van der Waals surface area contributed by atoms with E-state index in [4.69, 9.17) is 10.5 Å². The Balaban J connectivity index is 0.00000306. The topological polar surface area (TPSA) is 88.7 Å². The molecule has 2 unspecified atom stereocenters. The molecule has 0 radical (unpaired) electrons. The van der Waals surface area contributed by atoms with Crippen LogP contribution in [0.5, 0.6) is 5.75 Å². The van der Waals surface area contributed by atoms with E-state index in [0.29, 0.717) is 18.9 Å². The highest BCUT2D eigenvalue weighted by Crippen LogP contribution is 2.46. The van der Waals surface area contributed by atoms with Crippen LogP contribution in [0.3, 0.4) is 0 Å². The number of fused-ring (bicyclic) bond motifs is 1. The van der Waals surface area contributed by atoms with Gasteiger partial charge >= 0.3 is 0 Å². The molecule has 2 aromatic carbocycles. The fraction of sp³-hybridized carbons (Fsp3) is 0.440. The summed E-state index contributed by atoms with van der Waals surface area (Å²) in [7, 11) is 1.71. The number of primary amides is 1. The molecule has 0 saturated heterocycles. The first-order chi connectivity index (χ1) is 15.5. The monoisotopic (exact) mass is 566 g/mol. The quantitative estimate of drug-likeness (QED) is 0.279. The van der Waals surface area contributed by atoms with Gasteiger partial charge in [0, 0.05) is 25.6 Å².